The molecule has 14 heteroatoms. The number of nitrogens with zero attached hydrogens (tertiary/aromatic N) is 5. The molecule has 1 fully saturated rings. The zero-order valence-corrected chi connectivity index (χ0v) is 20.3. The Morgan fingerprint density at radius 2 is 2.00 bits per heavy atom. The summed E-state index contributed by atoms with van der Waals surface area (Å²) in [6.07, 6.45) is -3.66. The first-order valence-corrected chi connectivity index (χ1v) is 11.7. The van der Waals surface area contributed by atoms with Gasteiger partial charge in [0.05, 0.1) is 23.7 Å². The predicted molar refractivity (Wildman–Crippen MR) is 129 cm³/mol. The van der Waals surface area contributed by atoms with Crippen LogP contribution in [0.1, 0.15) is 21.5 Å². The molecule has 9 nitrogen and oxygen atoms in total. The lowest BCUT2D eigenvalue weighted by molar-refractivity contribution is -0.140. The molecule has 204 valence electrons. The molecule has 39 heavy (non-hydrogen) atoms. The fraction of sp³-hybridized carbons (Fsp3) is 0.280. The highest BCUT2D eigenvalue weighted by Crippen LogP contribution is 2.41. The summed E-state index contributed by atoms with van der Waals surface area (Å²) in [7, 11) is 1.46. The number of ether oxygens (including phenoxy) is 1. The van der Waals surface area contributed by atoms with Crippen molar-refractivity contribution in [2.75, 3.05) is 24.6 Å². The summed E-state index contributed by atoms with van der Waals surface area (Å²) < 4.78 is 75.7. The Morgan fingerprint density at radius 1 is 1.23 bits per heavy atom. The number of hydrogen-bond donors (Lipinski definition) is 2. The van der Waals surface area contributed by atoms with E-state index in [0.717, 1.165) is 5.56 Å². The maximum Gasteiger partial charge on any atom is 0.419 e. The fourth-order valence-corrected chi connectivity index (χ4v) is 4.52. The Bertz CT molecular complexity index is 1590. The number of alkyl halides is 3. The van der Waals surface area contributed by atoms with Crippen molar-refractivity contribution < 1.29 is 36.6 Å². The average molecular weight is 548 g/mol. The average Bonchev–Trinajstić information content (AvgIpc) is 3.22. The molecule has 4 aromatic rings. The lowest BCUT2D eigenvalue weighted by Crippen LogP contribution is -2.44. The van der Waals surface area contributed by atoms with E-state index >= 15 is 0 Å². The number of carbonyl (C=O) groups excluding carboxylic acids is 1. The van der Waals surface area contributed by atoms with E-state index in [1.165, 1.54) is 17.9 Å². The molecule has 1 aliphatic rings. The Balaban J connectivity index is 1.45. The lowest BCUT2D eigenvalue weighted by atomic mass is 10.0. The van der Waals surface area contributed by atoms with Gasteiger partial charge in [-0.15, -0.1) is 0 Å². The van der Waals surface area contributed by atoms with Crippen molar-refractivity contribution in [3.63, 3.8) is 0 Å². The van der Waals surface area contributed by atoms with Gasteiger partial charge in [-0.2, -0.15) is 23.3 Å². The summed E-state index contributed by atoms with van der Waals surface area (Å²) in [5, 5.41) is 13.9. The van der Waals surface area contributed by atoms with Crippen LogP contribution in [0.4, 0.5) is 27.9 Å². The van der Waals surface area contributed by atoms with Gasteiger partial charge < -0.3 is 20.5 Å². The van der Waals surface area contributed by atoms with Crippen LogP contribution in [0, 0.1) is 11.6 Å². The molecule has 0 spiro atoms. The molecular weight excluding hydrogens is 527 g/mol. The Morgan fingerprint density at radius 3 is 2.72 bits per heavy atom. The minimum atomic E-state index is -5.17. The highest BCUT2D eigenvalue weighted by atomic mass is 19.4. The van der Waals surface area contributed by atoms with Gasteiger partial charge in [0.1, 0.15) is 5.69 Å². The molecule has 0 radical (unpaired) electrons. The predicted octanol–water partition coefficient (Wildman–Crippen LogP) is 3.58. The number of carbonyl (C=O) groups is 1. The van der Waals surface area contributed by atoms with Crippen molar-refractivity contribution in [2.45, 2.75) is 18.7 Å². The number of benzene rings is 2. The van der Waals surface area contributed by atoms with Gasteiger partial charge in [-0.25, -0.2) is 18.4 Å². The van der Waals surface area contributed by atoms with Crippen LogP contribution in [0.2, 0.25) is 0 Å². The standard InChI is InChI=1S/C25H21F5N6O3/c1-35-23-16(20(34-35)15-9-17(25(28,29)30)19(27)21(37)18(15)26)10-32-24(33-23)36-5-6-39-14(11-36)8-12-3-2-4-13(7-12)22(31)38/h2-4,7,9-10,14,37H,5-6,8,11H2,1H3,(H2,31,38)/t14-/m0/s1. The van der Waals surface area contributed by atoms with Crippen LogP contribution in [0.3, 0.4) is 0 Å². The number of aromatic nitrogens is 4. The SMILES string of the molecule is Cn1nc(-c2cc(C(F)(F)F)c(F)c(O)c2F)c2cnc(N3CCO[C@@H](Cc4cccc(C(N)=O)c4)C3)nc21. The molecule has 0 bridgehead atoms. The van der Waals surface area contributed by atoms with Crippen molar-refractivity contribution in [1.29, 1.82) is 0 Å². The number of primary amides is 1. The molecule has 0 aliphatic carbocycles. The third-order valence-electron chi connectivity index (χ3n) is 6.40. The Labute approximate surface area is 217 Å². The van der Waals surface area contributed by atoms with Gasteiger partial charge in [0.25, 0.3) is 0 Å². The van der Waals surface area contributed by atoms with Crippen LogP contribution >= 0.6 is 0 Å². The number of phenols is 1. The highest BCUT2D eigenvalue weighted by molar-refractivity contribution is 5.93. The highest BCUT2D eigenvalue weighted by Gasteiger charge is 2.38. The van der Waals surface area contributed by atoms with Crippen LogP contribution in [-0.4, -0.2) is 56.6 Å². The summed E-state index contributed by atoms with van der Waals surface area (Å²) in [5.74, 6) is -5.69. The van der Waals surface area contributed by atoms with E-state index in [2.05, 4.69) is 15.1 Å². The number of morpholine rings is 1. The third kappa shape index (κ3) is 4.94. The molecule has 1 saturated heterocycles. The largest absolute Gasteiger partial charge is 0.503 e. The Kier molecular flexibility index (Phi) is 6.58. The lowest BCUT2D eigenvalue weighted by Gasteiger charge is -2.33. The number of anilines is 1. The van der Waals surface area contributed by atoms with E-state index in [4.69, 9.17) is 10.5 Å². The first-order chi connectivity index (χ1) is 18.4. The first kappa shape index (κ1) is 26.3. The summed E-state index contributed by atoms with van der Waals surface area (Å²) in [6, 6.07) is 7.16. The van der Waals surface area contributed by atoms with Crippen LogP contribution in [0.25, 0.3) is 22.3 Å². The topological polar surface area (TPSA) is 119 Å². The number of aryl methyl sites for hydroxylation is 1. The number of fused-ring (bicyclic) bond motifs is 1. The molecule has 1 aliphatic heterocycles. The second kappa shape index (κ2) is 9.76. The van der Waals surface area contributed by atoms with Crippen molar-refractivity contribution in [3.8, 4) is 17.0 Å². The molecule has 2 aromatic carbocycles. The molecule has 0 saturated carbocycles. The fourth-order valence-electron chi connectivity index (χ4n) is 4.52. The maximum absolute atomic E-state index is 14.7. The van der Waals surface area contributed by atoms with Crippen molar-refractivity contribution >= 4 is 22.9 Å². The molecule has 3 N–H and O–H groups in total. The number of aromatic hydroxyl groups is 1. The number of amides is 1. The molecule has 0 unspecified atom stereocenters. The van der Waals surface area contributed by atoms with Gasteiger partial charge in [-0.05, 0) is 23.8 Å². The van der Waals surface area contributed by atoms with Crippen LogP contribution < -0.4 is 10.6 Å². The quantitative estimate of drug-likeness (QED) is 0.366. The van der Waals surface area contributed by atoms with Gasteiger partial charge in [-0.1, -0.05) is 12.1 Å². The molecule has 3 heterocycles. The second-order valence-corrected chi connectivity index (χ2v) is 9.03. The second-order valence-electron chi connectivity index (χ2n) is 9.03. The van der Waals surface area contributed by atoms with Crippen LogP contribution in [-0.2, 0) is 24.4 Å². The molecule has 1 atom stereocenters. The van der Waals surface area contributed by atoms with E-state index in [9.17, 15) is 31.9 Å². The van der Waals surface area contributed by atoms with E-state index in [1.54, 1.807) is 18.2 Å². The number of halogens is 5. The zero-order chi connectivity index (χ0) is 28.1. The van der Waals surface area contributed by atoms with Crippen LogP contribution in [0.5, 0.6) is 5.75 Å². The van der Waals surface area contributed by atoms with Gasteiger partial charge in [0, 0.05) is 43.9 Å². The first-order valence-electron chi connectivity index (χ1n) is 11.7. The van der Waals surface area contributed by atoms with Gasteiger partial charge in [0.15, 0.2) is 23.0 Å². The normalized spacial score (nSPS) is 16.2. The summed E-state index contributed by atoms with van der Waals surface area (Å²) in [5.41, 5.74) is 3.93. The molecule has 1 amide bonds. The monoisotopic (exact) mass is 548 g/mol. The number of nitrogens with two attached hydrogens (primary N) is 1. The maximum atomic E-state index is 14.7. The minimum absolute atomic E-state index is 0.104. The number of rotatable bonds is 5. The van der Waals surface area contributed by atoms with Gasteiger partial charge in [-0.3, -0.25) is 4.79 Å². The zero-order valence-electron chi connectivity index (χ0n) is 20.3. The van der Waals surface area contributed by atoms with Gasteiger partial charge in [0.2, 0.25) is 11.9 Å². The van der Waals surface area contributed by atoms with Crippen molar-refractivity contribution in [1.82, 2.24) is 19.7 Å². The van der Waals surface area contributed by atoms with E-state index in [0.29, 0.717) is 31.7 Å². The molecular formula is C25H21F5N6O3. The van der Waals surface area contributed by atoms with E-state index in [-0.39, 0.29) is 34.8 Å². The minimum Gasteiger partial charge on any atom is -0.503 e. The van der Waals surface area contributed by atoms with E-state index < -0.39 is 40.6 Å². The Hall–Kier alpha value is -4.33. The molecule has 2 aromatic heterocycles. The number of phenolic OH excluding ortho intramolecular Hbond substituents is 1. The molecule has 5 rings (SSSR count). The van der Waals surface area contributed by atoms with E-state index in [1.807, 2.05) is 11.0 Å². The summed E-state index contributed by atoms with van der Waals surface area (Å²) in [6.45, 7) is 1.20. The van der Waals surface area contributed by atoms with Crippen molar-refractivity contribution in [3.05, 3.63) is 64.9 Å². The van der Waals surface area contributed by atoms with Crippen LogP contribution in [0.15, 0.2) is 36.5 Å². The summed E-state index contributed by atoms with van der Waals surface area (Å²) in [4.78, 5) is 22.1. The third-order valence-corrected chi connectivity index (χ3v) is 6.40. The van der Waals surface area contributed by atoms with Gasteiger partial charge >= 0.3 is 6.18 Å². The smallest absolute Gasteiger partial charge is 0.419 e. The summed E-state index contributed by atoms with van der Waals surface area (Å²) >= 11 is 0. The van der Waals surface area contributed by atoms with Crippen molar-refractivity contribution in [2.24, 2.45) is 12.8 Å². The number of hydrogen-bond acceptors (Lipinski definition) is 7.